The summed E-state index contributed by atoms with van der Waals surface area (Å²) in [6, 6.07) is 0. The Morgan fingerprint density at radius 2 is 1.86 bits per heavy atom. The summed E-state index contributed by atoms with van der Waals surface area (Å²) in [5.74, 6) is 0. The van der Waals surface area contributed by atoms with Gasteiger partial charge < -0.3 is 4.74 Å². The van der Waals surface area contributed by atoms with Crippen LogP contribution >= 0.6 is 0 Å². The smallest absolute Gasteiger partial charge is 0.181 e. The minimum atomic E-state index is 0.501. The second-order valence-corrected chi connectivity index (χ2v) is 4.90. The van der Waals surface area contributed by atoms with Crippen LogP contribution in [0.25, 0.3) is 0 Å². The van der Waals surface area contributed by atoms with Crippen LogP contribution in [0, 0.1) is 0 Å². The maximum absolute atomic E-state index is 6.07. The highest BCUT2D eigenvalue weighted by molar-refractivity contribution is 5.84. The van der Waals surface area contributed by atoms with Crippen molar-refractivity contribution in [2.24, 2.45) is 0 Å². The molecule has 2 nitrogen and oxygen atoms in total. The average molecular weight is 194 g/mol. The molecule has 2 heteroatoms. The van der Waals surface area contributed by atoms with Crippen molar-refractivity contribution < 1.29 is 9.31 Å². The van der Waals surface area contributed by atoms with Gasteiger partial charge >= 0.3 is 0 Å². The third kappa shape index (κ3) is 1.50. The van der Waals surface area contributed by atoms with Crippen molar-refractivity contribution in [3.63, 3.8) is 0 Å². The van der Waals surface area contributed by atoms with E-state index in [0.717, 1.165) is 0 Å². The Bertz CT molecular complexity index is 251. The fourth-order valence-electron chi connectivity index (χ4n) is 3.20. The summed E-state index contributed by atoms with van der Waals surface area (Å²) < 4.78 is 8.68. The van der Waals surface area contributed by atoms with E-state index in [9.17, 15) is 0 Å². The molecule has 3 aliphatic rings. The van der Waals surface area contributed by atoms with E-state index in [0.29, 0.717) is 12.2 Å². The lowest BCUT2D eigenvalue weighted by atomic mass is 9.99. The molecule has 3 heterocycles. The number of rotatable bonds is 0. The van der Waals surface area contributed by atoms with E-state index in [4.69, 9.17) is 4.74 Å². The Labute approximate surface area is 86.0 Å². The number of ether oxygens (including phenoxy) is 1. The second-order valence-electron chi connectivity index (χ2n) is 4.90. The molecule has 3 saturated heterocycles. The van der Waals surface area contributed by atoms with Gasteiger partial charge in [-0.15, -0.1) is 0 Å². The summed E-state index contributed by atoms with van der Waals surface area (Å²) in [5, 5.41) is 0. The van der Waals surface area contributed by atoms with E-state index in [1.54, 1.807) is 5.71 Å². The first kappa shape index (κ1) is 8.90. The quantitative estimate of drug-likeness (QED) is 0.537. The van der Waals surface area contributed by atoms with E-state index in [1.165, 1.54) is 58.0 Å². The number of hydrogen-bond acceptors (Lipinski definition) is 1. The molecule has 0 aromatic heterocycles. The normalized spacial score (nSPS) is 37.7. The van der Waals surface area contributed by atoms with E-state index in [-0.39, 0.29) is 0 Å². The highest BCUT2D eigenvalue weighted by atomic mass is 16.5. The van der Waals surface area contributed by atoms with Gasteiger partial charge in [0.15, 0.2) is 5.71 Å². The molecule has 0 saturated carbocycles. The Morgan fingerprint density at radius 3 is 2.71 bits per heavy atom. The fourth-order valence-corrected chi connectivity index (χ4v) is 3.20. The first-order valence-corrected chi connectivity index (χ1v) is 6.19. The van der Waals surface area contributed by atoms with Gasteiger partial charge in [0.1, 0.15) is 19.2 Å². The van der Waals surface area contributed by atoms with Crippen LogP contribution in [0.4, 0.5) is 0 Å². The van der Waals surface area contributed by atoms with Gasteiger partial charge in [-0.1, -0.05) is 0 Å². The van der Waals surface area contributed by atoms with Crippen molar-refractivity contribution in [2.75, 3.05) is 13.1 Å². The fraction of sp³-hybridized carbons (Fsp3) is 0.917. The van der Waals surface area contributed by atoms with Gasteiger partial charge in [-0.2, -0.15) is 0 Å². The van der Waals surface area contributed by atoms with Crippen LogP contribution < -0.4 is 0 Å². The molecule has 3 aliphatic heterocycles. The third-order valence-electron chi connectivity index (χ3n) is 3.95. The molecule has 3 rings (SSSR count). The van der Waals surface area contributed by atoms with E-state index >= 15 is 0 Å². The molecule has 0 aromatic carbocycles. The topological polar surface area (TPSA) is 12.2 Å². The first-order chi connectivity index (χ1) is 6.93. The van der Waals surface area contributed by atoms with Crippen molar-refractivity contribution in [1.82, 2.24) is 0 Å². The first-order valence-electron chi connectivity index (χ1n) is 6.19. The molecule has 2 atom stereocenters. The predicted molar refractivity (Wildman–Crippen MR) is 56.0 cm³/mol. The molecule has 0 radical (unpaired) electrons. The molecule has 0 N–H and O–H groups in total. The molecule has 0 unspecified atom stereocenters. The maximum atomic E-state index is 6.07. The molecular formula is C12H20NO+. The summed E-state index contributed by atoms with van der Waals surface area (Å²) >= 11 is 0. The van der Waals surface area contributed by atoms with Gasteiger partial charge in [-0.3, -0.25) is 0 Å². The SMILES string of the molecule is C1CC(=[N+]2CCCC2)[C@H]2CC[C@H](C1)O2. The van der Waals surface area contributed by atoms with Gasteiger partial charge in [-0.25, -0.2) is 4.58 Å². The zero-order valence-corrected chi connectivity index (χ0v) is 8.87. The monoisotopic (exact) mass is 194 g/mol. The minimum Gasteiger partial charge on any atom is -0.364 e. The highest BCUT2D eigenvalue weighted by Gasteiger charge is 2.37. The maximum Gasteiger partial charge on any atom is 0.181 e. The summed E-state index contributed by atoms with van der Waals surface area (Å²) in [4.78, 5) is 0. The van der Waals surface area contributed by atoms with Gasteiger partial charge in [0, 0.05) is 19.3 Å². The van der Waals surface area contributed by atoms with Crippen LogP contribution in [0.3, 0.4) is 0 Å². The molecule has 0 aromatic rings. The van der Waals surface area contributed by atoms with Crippen molar-refractivity contribution in [3.05, 3.63) is 0 Å². The molecule has 78 valence electrons. The van der Waals surface area contributed by atoms with Crippen molar-refractivity contribution in [1.29, 1.82) is 0 Å². The molecular weight excluding hydrogens is 174 g/mol. The van der Waals surface area contributed by atoms with Gasteiger partial charge in [-0.05, 0) is 25.7 Å². The van der Waals surface area contributed by atoms with Gasteiger partial charge in [0.25, 0.3) is 0 Å². The zero-order chi connectivity index (χ0) is 9.38. The minimum absolute atomic E-state index is 0.501. The third-order valence-corrected chi connectivity index (χ3v) is 3.95. The van der Waals surface area contributed by atoms with E-state index < -0.39 is 0 Å². The Hall–Kier alpha value is -0.370. The lowest BCUT2D eigenvalue weighted by Gasteiger charge is -2.09. The van der Waals surface area contributed by atoms with E-state index in [1.807, 2.05) is 0 Å². The van der Waals surface area contributed by atoms with Gasteiger partial charge in [0.05, 0.1) is 6.10 Å². The average Bonchev–Trinajstić information content (AvgIpc) is 2.76. The number of fused-ring (bicyclic) bond motifs is 2. The van der Waals surface area contributed by atoms with Crippen LogP contribution in [0.5, 0.6) is 0 Å². The van der Waals surface area contributed by atoms with Crippen LogP contribution in [-0.4, -0.2) is 35.6 Å². The molecule has 14 heavy (non-hydrogen) atoms. The van der Waals surface area contributed by atoms with Crippen molar-refractivity contribution in [2.45, 2.75) is 57.2 Å². The Kier molecular flexibility index (Phi) is 2.32. The summed E-state index contributed by atoms with van der Waals surface area (Å²) in [6.45, 7) is 2.58. The molecule has 0 amide bonds. The van der Waals surface area contributed by atoms with Crippen LogP contribution in [0.15, 0.2) is 0 Å². The van der Waals surface area contributed by atoms with Crippen LogP contribution in [0.2, 0.25) is 0 Å². The molecule has 0 aliphatic carbocycles. The summed E-state index contributed by atoms with van der Waals surface area (Å²) in [6.07, 6.45) is 10.4. The predicted octanol–water partition coefficient (Wildman–Crippen LogP) is 1.97. The van der Waals surface area contributed by atoms with E-state index in [2.05, 4.69) is 4.58 Å². The molecule has 3 fully saturated rings. The van der Waals surface area contributed by atoms with Crippen molar-refractivity contribution in [3.8, 4) is 0 Å². The van der Waals surface area contributed by atoms with Gasteiger partial charge in [0.2, 0.25) is 0 Å². The lowest BCUT2D eigenvalue weighted by molar-refractivity contribution is -0.510. The highest BCUT2D eigenvalue weighted by Crippen LogP contribution is 2.30. The number of nitrogens with zero attached hydrogens (tertiary/aromatic N) is 1. The molecule has 2 bridgehead atoms. The van der Waals surface area contributed by atoms with Crippen LogP contribution in [0.1, 0.15) is 44.9 Å². The standard InChI is InChI=1S/C12H20NO/c1-2-9-13(8-1)11-5-3-4-10-6-7-12(11)14-10/h10,12H,1-9H2/q+1/t10-,12+/m0/s1. The second kappa shape index (κ2) is 3.65. The molecule has 0 spiro atoms. The zero-order valence-electron chi connectivity index (χ0n) is 8.87. The van der Waals surface area contributed by atoms with Crippen LogP contribution in [-0.2, 0) is 4.74 Å². The van der Waals surface area contributed by atoms with Crippen molar-refractivity contribution >= 4 is 5.71 Å². The lowest BCUT2D eigenvalue weighted by Crippen LogP contribution is -2.29. The Morgan fingerprint density at radius 1 is 1.00 bits per heavy atom. The number of hydrogen-bond donors (Lipinski definition) is 0. The summed E-state index contributed by atoms with van der Waals surface area (Å²) in [7, 11) is 0. The summed E-state index contributed by atoms with van der Waals surface area (Å²) in [5.41, 5.74) is 1.64. The Balaban J connectivity index is 1.86. The largest absolute Gasteiger partial charge is 0.364 e.